The molecule has 1 rings (SSSR count). The van der Waals surface area contributed by atoms with Crippen molar-refractivity contribution in [1.82, 2.24) is 0 Å². The molecule has 1 aromatic rings. The molecular formula is C11H13NO2. The van der Waals surface area contributed by atoms with Crippen molar-refractivity contribution in [3.05, 3.63) is 22.8 Å². The third-order valence-corrected chi connectivity index (χ3v) is 2.35. The summed E-state index contributed by atoms with van der Waals surface area (Å²) in [4.78, 5) is 0. The van der Waals surface area contributed by atoms with E-state index in [9.17, 15) is 0 Å². The van der Waals surface area contributed by atoms with Crippen LogP contribution >= 0.6 is 0 Å². The fourth-order valence-corrected chi connectivity index (χ4v) is 1.38. The van der Waals surface area contributed by atoms with Crippen LogP contribution in [0, 0.1) is 25.2 Å². The summed E-state index contributed by atoms with van der Waals surface area (Å²) in [5, 5.41) is 8.88. The number of benzene rings is 1. The summed E-state index contributed by atoms with van der Waals surface area (Å²) in [5.74, 6) is 1.30. The Morgan fingerprint density at radius 3 is 2.21 bits per heavy atom. The van der Waals surface area contributed by atoms with Crippen LogP contribution < -0.4 is 9.47 Å². The van der Waals surface area contributed by atoms with Gasteiger partial charge in [-0.3, -0.25) is 0 Å². The van der Waals surface area contributed by atoms with Gasteiger partial charge < -0.3 is 9.47 Å². The van der Waals surface area contributed by atoms with Gasteiger partial charge in [0.1, 0.15) is 0 Å². The summed E-state index contributed by atoms with van der Waals surface area (Å²) in [6.45, 7) is 3.81. The minimum absolute atomic E-state index is 0.604. The lowest BCUT2D eigenvalue weighted by atomic mass is 10.0. The molecule has 1 aromatic carbocycles. The Morgan fingerprint density at radius 1 is 1.14 bits per heavy atom. The minimum atomic E-state index is 0.604. The average Bonchev–Trinajstić information content (AvgIpc) is 2.21. The fraction of sp³-hybridized carbons (Fsp3) is 0.364. The summed E-state index contributed by atoms with van der Waals surface area (Å²) in [7, 11) is 3.16. The first kappa shape index (κ1) is 10.4. The van der Waals surface area contributed by atoms with Crippen LogP contribution in [0.25, 0.3) is 0 Å². The van der Waals surface area contributed by atoms with E-state index >= 15 is 0 Å². The predicted molar refractivity (Wildman–Crippen MR) is 53.7 cm³/mol. The van der Waals surface area contributed by atoms with Gasteiger partial charge in [-0.1, -0.05) is 0 Å². The second kappa shape index (κ2) is 4.01. The van der Waals surface area contributed by atoms with E-state index in [0.717, 1.165) is 11.1 Å². The molecule has 0 aromatic heterocycles. The molecule has 0 bridgehead atoms. The van der Waals surface area contributed by atoms with Crippen LogP contribution in [0.5, 0.6) is 11.5 Å². The largest absolute Gasteiger partial charge is 0.493 e. The summed E-state index contributed by atoms with van der Waals surface area (Å²) >= 11 is 0. The van der Waals surface area contributed by atoms with Crippen LogP contribution in [-0.2, 0) is 0 Å². The lowest BCUT2D eigenvalue weighted by molar-refractivity contribution is 0.352. The molecule has 14 heavy (non-hydrogen) atoms. The Hall–Kier alpha value is -1.69. The van der Waals surface area contributed by atoms with E-state index in [4.69, 9.17) is 14.7 Å². The van der Waals surface area contributed by atoms with E-state index in [2.05, 4.69) is 6.07 Å². The van der Waals surface area contributed by atoms with Gasteiger partial charge in [0.05, 0.1) is 25.9 Å². The molecule has 0 radical (unpaired) electrons. The van der Waals surface area contributed by atoms with Gasteiger partial charge in [0.25, 0.3) is 0 Å². The number of hydrogen-bond donors (Lipinski definition) is 0. The van der Waals surface area contributed by atoms with Crippen LogP contribution in [0.3, 0.4) is 0 Å². The molecule has 74 valence electrons. The van der Waals surface area contributed by atoms with Gasteiger partial charge in [0.15, 0.2) is 11.5 Å². The van der Waals surface area contributed by atoms with E-state index in [-0.39, 0.29) is 0 Å². The highest BCUT2D eigenvalue weighted by molar-refractivity contribution is 5.56. The zero-order valence-electron chi connectivity index (χ0n) is 8.84. The molecule has 0 unspecified atom stereocenters. The van der Waals surface area contributed by atoms with Crippen molar-refractivity contribution in [2.75, 3.05) is 14.2 Å². The molecule has 0 N–H and O–H groups in total. The summed E-state index contributed by atoms with van der Waals surface area (Å²) in [6.07, 6.45) is 0. The molecule has 0 spiro atoms. The van der Waals surface area contributed by atoms with Crippen molar-refractivity contribution in [2.45, 2.75) is 13.8 Å². The van der Waals surface area contributed by atoms with Gasteiger partial charge in [-0.15, -0.1) is 0 Å². The second-order valence-electron chi connectivity index (χ2n) is 3.02. The maximum Gasteiger partial charge on any atom is 0.163 e. The minimum Gasteiger partial charge on any atom is -0.493 e. The maximum absolute atomic E-state index is 8.88. The van der Waals surface area contributed by atoms with E-state index in [1.165, 1.54) is 0 Å². The average molecular weight is 191 g/mol. The molecule has 0 aliphatic carbocycles. The monoisotopic (exact) mass is 191 g/mol. The van der Waals surface area contributed by atoms with Crippen LogP contribution in [-0.4, -0.2) is 14.2 Å². The van der Waals surface area contributed by atoms with E-state index < -0.39 is 0 Å². The summed E-state index contributed by atoms with van der Waals surface area (Å²) in [6, 6.07) is 3.82. The van der Waals surface area contributed by atoms with E-state index in [0.29, 0.717) is 17.1 Å². The molecule has 0 aliphatic rings. The Morgan fingerprint density at radius 2 is 1.79 bits per heavy atom. The molecule has 0 saturated carbocycles. The summed E-state index contributed by atoms with van der Waals surface area (Å²) in [5.41, 5.74) is 2.51. The predicted octanol–water partition coefficient (Wildman–Crippen LogP) is 2.19. The molecule has 0 fully saturated rings. The van der Waals surface area contributed by atoms with Crippen molar-refractivity contribution in [3.8, 4) is 17.6 Å². The van der Waals surface area contributed by atoms with Crippen LogP contribution in [0.1, 0.15) is 16.7 Å². The number of nitrogens with zero attached hydrogens (tertiary/aromatic N) is 1. The van der Waals surface area contributed by atoms with Gasteiger partial charge >= 0.3 is 0 Å². The van der Waals surface area contributed by atoms with Crippen molar-refractivity contribution in [1.29, 1.82) is 5.26 Å². The zero-order chi connectivity index (χ0) is 10.7. The van der Waals surface area contributed by atoms with Gasteiger partial charge in [-0.25, -0.2) is 0 Å². The molecule has 0 aliphatic heterocycles. The Kier molecular flexibility index (Phi) is 2.98. The standard InChI is InChI=1S/C11H13NO2/c1-7-8(2)11(14-4)10(13-3)5-9(7)6-12/h5H,1-4H3. The highest BCUT2D eigenvalue weighted by atomic mass is 16.5. The van der Waals surface area contributed by atoms with Crippen LogP contribution in [0.2, 0.25) is 0 Å². The molecule has 0 amide bonds. The first-order chi connectivity index (χ1) is 6.65. The van der Waals surface area contributed by atoms with Crippen molar-refractivity contribution >= 4 is 0 Å². The first-order valence-corrected chi connectivity index (χ1v) is 4.28. The fourth-order valence-electron chi connectivity index (χ4n) is 1.38. The molecule has 0 saturated heterocycles. The number of ether oxygens (including phenoxy) is 2. The number of hydrogen-bond acceptors (Lipinski definition) is 3. The molecule has 0 atom stereocenters. The summed E-state index contributed by atoms with van der Waals surface area (Å²) < 4.78 is 10.4. The molecular weight excluding hydrogens is 178 g/mol. The smallest absolute Gasteiger partial charge is 0.163 e. The van der Waals surface area contributed by atoms with Crippen molar-refractivity contribution in [2.24, 2.45) is 0 Å². The van der Waals surface area contributed by atoms with Gasteiger partial charge in [-0.2, -0.15) is 5.26 Å². The zero-order valence-corrected chi connectivity index (χ0v) is 8.84. The Labute approximate surface area is 83.9 Å². The van der Waals surface area contributed by atoms with Crippen LogP contribution in [0.15, 0.2) is 6.07 Å². The molecule has 0 heterocycles. The van der Waals surface area contributed by atoms with Gasteiger partial charge in [-0.05, 0) is 25.0 Å². The molecule has 3 nitrogen and oxygen atoms in total. The second-order valence-corrected chi connectivity index (χ2v) is 3.02. The van der Waals surface area contributed by atoms with Gasteiger partial charge in [0, 0.05) is 6.07 Å². The third kappa shape index (κ3) is 1.51. The SMILES string of the molecule is COc1cc(C#N)c(C)c(C)c1OC. The lowest BCUT2D eigenvalue weighted by Crippen LogP contribution is -1.97. The van der Waals surface area contributed by atoms with Crippen molar-refractivity contribution < 1.29 is 9.47 Å². The first-order valence-electron chi connectivity index (χ1n) is 4.28. The number of rotatable bonds is 2. The van der Waals surface area contributed by atoms with Gasteiger partial charge in [0.2, 0.25) is 0 Å². The Bertz CT molecular complexity index is 391. The number of nitriles is 1. The van der Waals surface area contributed by atoms with Crippen molar-refractivity contribution in [3.63, 3.8) is 0 Å². The highest BCUT2D eigenvalue weighted by Crippen LogP contribution is 2.34. The third-order valence-electron chi connectivity index (χ3n) is 2.35. The number of methoxy groups -OCH3 is 2. The maximum atomic E-state index is 8.88. The normalized spacial score (nSPS) is 9.36. The van der Waals surface area contributed by atoms with Crippen LogP contribution in [0.4, 0.5) is 0 Å². The topological polar surface area (TPSA) is 42.2 Å². The van der Waals surface area contributed by atoms with E-state index in [1.807, 2.05) is 13.8 Å². The Balaban J connectivity index is 3.48. The highest BCUT2D eigenvalue weighted by Gasteiger charge is 2.12. The van der Waals surface area contributed by atoms with E-state index in [1.54, 1.807) is 20.3 Å². The molecule has 3 heteroatoms. The quantitative estimate of drug-likeness (QED) is 0.719. The lowest BCUT2D eigenvalue weighted by Gasteiger charge is -2.13.